The maximum Gasteiger partial charge on any atom is 0.287 e. The molecule has 0 saturated heterocycles. The van der Waals surface area contributed by atoms with Crippen molar-refractivity contribution in [2.45, 2.75) is 12.2 Å². The van der Waals surface area contributed by atoms with Crippen LogP contribution in [0.15, 0.2) is 53.3 Å². The highest BCUT2D eigenvalue weighted by molar-refractivity contribution is 7.99. The smallest absolute Gasteiger partial charge is 0.287 e. The minimum Gasteiger partial charge on any atom is -0.459 e. The molecule has 1 unspecified atom stereocenters. The molecule has 2 heterocycles. The molecule has 3 aromatic rings. The second kappa shape index (κ2) is 8.75. The predicted octanol–water partition coefficient (Wildman–Crippen LogP) is 3.38. The first kappa shape index (κ1) is 19.7. The largest absolute Gasteiger partial charge is 0.459 e. The third-order valence-electron chi connectivity index (χ3n) is 4.20. The summed E-state index contributed by atoms with van der Waals surface area (Å²) in [6.07, 6.45) is 3.09. The number of benzene rings is 1. The van der Waals surface area contributed by atoms with Gasteiger partial charge in [-0.2, -0.15) is 0 Å². The van der Waals surface area contributed by atoms with Crippen molar-refractivity contribution in [1.82, 2.24) is 9.88 Å². The highest BCUT2D eigenvalue weighted by atomic mass is 32.2. The molecule has 3 rings (SSSR count). The van der Waals surface area contributed by atoms with Gasteiger partial charge in [-0.15, -0.1) is 11.8 Å². The van der Waals surface area contributed by atoms with Gasteiger partial charge < -0.3 is 9.73 Å². The first-order valence-corrected chi connectivity index (χ1v) is 9.68. The number of carbonyl (C=O) groups is 2. The highest BCUT2D eigenvalue weighted by Gasteiger charge is 2.24. The number of para-hydroxylation sites is 1. The first-order chi connectivity index (χ1) is 13.5. The fraction of sp³-hybridized carbons (Fsp3) is 0.263. The minimum atomic E-state index is -0.444. The van der Waals surface area contributed by atoms with Gasteiger partial charge in [-0.05, 0) is 23.8 Å². The van der Waals surface area contributed by atoms with Crippen molar-refractivity contribution in [3.8, 4) is 0 Å². The van der Waals surface area contributed by atoms with E-state index < -0.39 is 5.25 Å². The van der Waals surface area contributed by atoms with Crippen LogP contribution in [0.5, 0.6) is 0 Å². The molecule has 28 heavy (non-hydrogen) atoms. The fourth-order valence-corrected chi connectivity index (χ4v) is 4.06. The van der Waals surface area contributed by atoms with Gasteiger partial charge in [0, 0.05) is 35.7 Å². The van der Waals surface area contributed by atoms with E-state index in [9.17, 15) is 19.7 Å². The number of furan rings is 1. The first-order valence-electron chi connectivity index (χ1n) is 8.63. The van der Waals surface area contributed by atoms with E-state index >= 15 is 0 Å². The lowest BCUT2D eigenvalue weighted by Gasteiger charge is -2.12. The second-order valence-corrected chi connectivity index (χ2v) is 7.41. The quantitative estimate of drug-likeness (QED) is 0.352. The second-order valence-electron chi connectivity index (χ2n) is 6.10. The van der Waals surface area contributed by atoms with Gasteiger partial charge in [0.05, 0.1) is 17.0 Å². The molecule has 0 bridgehead atoms. The minimum absolute atomic E-state index is 0.155. The Kier molecular flexibility index (Phi) is 6.15. The molecule has 1 N–H and O–H groups in total. The standard InChI is InChI=1S/C19H19N3O5S/c1-13(23)21-11-15(14-5-2-3-6-16(14)21)18(12-22(25)26)28-10-8-20-19(24)17-7-4-9-27-17/h2-7,9,11,18H,8,10,12H2,1H3,(H,20,24). The van der Waals surface area contributed by atoms with Gasteiger partial charge in [0.25, 0.3) is 5.91 Å². The van der Waals surface area contributed by atoms with E-state index in [1.54, 1.807) is 18.3 Å². The number of hydrogen-bond acceptors (Lipinski definition) is 6. The Morgan fingerprint density at radius 3 is 2.75 bits per heavy atom. The van der Waals surface area contributed by atoms with E-state index in [1.807, 2.05) is 24.3 Å². The third kappa shape index (κ3) is 4.42. The maximum atomic E-state index is 11.9. The van der Waals surface area contributed by atoms with E-state index in [1.165, 1.54) is 29.5 Å². The zero-order valence-corrected chi connectivity index (χ0v) is 16.0. The van der Waals surface area contributed by atoms with E-state index in [0.29, 0.717) is 12.3 Å². The van der Waals surface area contributed by atoms with Crippen molar-refractivity contribution in [2.24, 2.45) is 0 Å². The molecule has 146 valence electrons. The Morgan fingerprint density at radius 1 is 1.29 bits per heavy atom. The van der Waals surface area contributed by atoms with Crippen molar-refractivity contribution in [3.63, 3.8) is 0 Å². The molecule has 0 aliphatic rings. The molecule has 0 aliphatic carbocycles. The summed E-state index contributed by atoms with van der Waals surface area (Å²) in [5, 5.41) is 14.3. The molecule has 0 aliphatic heterocycles. The number of nitro groups is 1. The Bertz CT molecular complexity index is 996. The van der Waals surface area contributed by atoms with Crippen LogP contribution in [0.3, 0.4) is 0 Å². The monoisotopic (exact) mass is 401 g/mol. The highest BCUT2D eigenvalue weighted by Crippen LogP contribution is 2.35. The van der Waals surface area contributed by atoms with Crippen molar-refractivity contribution < 1.29 is 18.9 Å². The van der Waals surface area contributed by atoms with Crippen LogP contribution >= 0.6 is 11.8 Å². The molecule has 0 saturated carbocycles. The molecule has 0 fully saturated rings. The predicted molar refractivity (Wildman–Crippen MR) is 106 cm³/mol. The Hall–Kier alpha value is -3.07. The van der Waals surface area contributed by atoms with E-state index in [0.717, 1.165) is 16.5 Å². The molecule has 9 heteroatoms. The molecule has 1 aromatic carbocycles. The third-order valence-corrected chi connectivity index (χ3v) is 5.44. The van der Waals surface area contributed by atoms with Crippen molar-refractivity contribution in [2.75, 3.05) is 18.8 Å². The fourth-order valence-electron chi connectivity index (χ4n) is 2.96. The zero-order valence-electron chi connectivity index (χ0n) is 15.2. The van der Waals surface area contributed by atoms with Gasteiger partial charge in [-0.1, -0.05) is 18.2 Å². The number of fused-ring (bicyclic) bond motifs is 1. The lowest BCUT2D eigenvalue weighted by atomic mass is 10.1. The molecule has 1 atom stereocenters. The number of carbonyl (C=O) groups excluding carboxylic acids is 2. The molecule has 1 amide bonds. The summed E-state index contributed by atoms with van der Waals surface area (Å²) in [5.41, 5.74) is 1.47. The van der Waals surface area contributed by atoms with Gasteiger partial charge >= 0.3 is 0 Å². The number of thioether (sulfide) groups is 1. The normalized spacial score (nSPS) is 12.0. The van der Waals surface area contributed by atoms with Gasteiger partial charge in [0.2, 0.25) is 12.5 Å². The van der Waals surface area contributed by atoms with E-state index in [4.69, 9.17) is 4.42 Å². The Labute approximate surface area is 165 Å². The Morgan fingerprint density at radius 2 is 2.07 bits per heavy atom. The lowest BCUT2D eigenvalue weighted by molar-refractivity contribution is -0.479. The molecule has 0 radical (unpaired) electrons. The summed E-state index contributed by atoms with van der Waals surface area (Å²) in [4.78, 5) is 34.6. The summed E-state index contributed by atoms with van der Waals surface area (Å²) in [6.45, 7) is 1.52. The average molecular weight is 401 g/mol. The summed E-state index contributed by atoms with van der Waals surface area (Å²) in [6, 6.07) is 10.5. The summed E-state index contributed by atoms with van der Waals surface area (Å²) in [5.74, 6) is 0.212. The van der Waals surface area contributed by atoms with E-state index in [-0.39, 0.29) is 29.0 Å². The van der Waals surface area contributed by atoms with Crippen LogP contribution in [-0.4, -0.2) is 40.1 Å². The molecule has 8 nitrogen and oxygen atoms in total. The van der Waals surface area contributed by atoms with Gasteiger partial charge in [-0.25, -0.2) is 0 Å². The van der Waals surface area contributed by atoms with Crippen LogP contribution in [0.25, 0.3) is 10.9 Å². The maximum absolute atomic E-state index is 11.9. The van der Waals surface area contributed by atoms with Crippen LogP contribution in [0.2, 0.25) is 0 Å². The van der Waals surface area contributed by atoms with Crippen molar-refractivity contribution >= 4 is 34.5 Å². The van der Waals surface area contributed by atoms with Gasteiger partial charge in [-0.3, -0.25) is 24.3 Å². The number of rotatable bonds is 8. The summed E-state index contributed by atoms with van der Waals surface area (Å²) < 4.78 is 6.54. The average Bonchev–Trinajstić information content (AvgIpc) is 3.31. The lowest BCUT2D eigenvalue weighted by Crippen LogP contribution is -2.25. The number of nitrogens with zero attached hydrogens (tertiary/aromatic N) is 2. The molecular weight excluding hydrogens is 382 g/mol. The number of nitrogens with one attached hydrogen (secondary N) is 1. The van der Waals surface area contributed by atoms with Crippen LogP contribution in [0.1, 0.15) is 33.1 Å². The van der Waals surface area contributed by atoms with Crippen LogP contribution in [0, 0.1) is 10.1 Å². The summed E-state index contributed by atoms with van der Waals surface area (Å²) in [7, 11) is 0. The van der Waals surface area contributed by atoms with Crippen LogP contribution in [-0.2, 0) is 0 Å². The van der Waals surface area contributed by atoms with Gasteiger partial charge in [0.1, 0.15) is 0 Å². The number of amides is 1. The van der Waals surface area contributed by atoms with Crippen molar-refractivity contribution in [3.05, 3.63) is 70.3 Å². The van der Waals surface area contributed by atoms with Crippen LogP contribution in [0.4, 0.5) is 0 Å². The van der Waals surface area contributed by atoms with E-state index in [2.05, 4.69) is 5.32 Å². The summed E-state index contributed by atoms with van der Waals surface area (Å²) >= 11 is 1.37. The van der Waals surface area contributed by atoms with Gasteiger partial charge in [0.15, 0.2) is 5.76 Å². The topological polar surface area (TPSA) is 107 Å². The van der Waals surface area contributed by atoms with Crippen LogP contribution < -0.4 is 5.32 Å². The zero-order chi connectivity index (χ0) is 20.1. The molecule has 0 spiro atoms. The Balaban J connectivity index is 1.74. The SMILES string of the molecule is CC(=O)n1cc(C(C[N+](=O)[O-])SCCNC(=O)c2ccco2)c2ccccc21. The number of hydrogen-bond donors (Lipinski definition) is 1. The molecule has 2 aromatic heterocycles. The van der Waals surface area contributed by atoms with Crippen molar-refractivity contribution in [1.29, 1.82) is 0 Å². The molecular formula is C19H19N3O5S. The number of aromatic nitrogens is 1.